The van der Waals surface area contributed by atoms with E-state index >= 15 is 0 Å². The number of pyridine rings is 1. The predicted octanol–water partition coefficient (Wildman–Crippen LogP) is 2.73. The van der Waals surface area contributed by atoms with Crippen LogP contribution in [0.4, 0.5) is 8.78 Å². The Balaban J connectivity index is 3.11. The summed E-state index contributed by atoms with van der Waals surface area (Å²) in [5.74, 6) is -1.21. The Bertz CT molecular complexity index is 441. The lowest BCUT2D eigenvalue weighted by atomic mass is 10.1. The van der Waals surface area contributed by atoms with Crippen LogP contribution in [0.5, 0.6) is 5.75 Å². The third-order valence-electron chi connectivity index (χ3n) is 2.24. The van der Waals surface area contributed by atoms with E-state index in [9.17, 15) is 18.7 Å². The summed E-state index contributed by atoms with van der Waals surface area (Å²) in [6, 6.07) is 0. The molecule has 0 radical (unpaired) electrons. The first-order valence-electron chi connectivity index (χ1n) is 5.20. The third kappa shape index (κ3) is 3.38. The highest BCUT2D eigenvalue weighted by Gasteiger charge is 2.23. The highest BCUT2D eigenvalue weighted by Crippen LogP contribution is 2.34. The van der Waals surface area contributed by atoms with Gasteiger partial charge in [-0.1, -0.05) is 15.9 Å². The van der Waals surface area contributed by atoms with E-state index in [0.29, 0.717) is 0 Å². The van der Waals surface area contributed by atoms with Crippen LogP contribution in [0, 0.1) is 0 Å². The summed E-state index contributed by atoms with van der Waals surface area (Å²) in [5.41, 5.74) is -0.476. The molecule has 1 aromatic heterocycles. The molecule has 0 saturated heterocycles. The Hall–Kier alpha value is -1.24. The summed E-state index contributed by atoms with van der Waals surface area (Å²) in [5, 5.41) is 9.81. The minimum Gasteiger partial charge on any atom is -0.505 e. The highest BCUT2D eigenvalue weighted by atomic mass is 79.9. The zero-order chi connectivity index (χ0) is 13.7. The maximum absolute atomic E-state index is 12.9. The van der Waals surface area contributed by atoms with Gasteiger partial charge >= 0.3 is 5.97 Å². The second-order valence-corrected chi connectivity index (χ2v) is 3.97. The van der Waals surface area contributed by atoms with E-state index < -0.39 is 23.7 Å². The first-order valence-corrected chi connectivity index (χ1v) is 6.32. The van der Waals surface area contributed by atoms with E-state index in [0.717, 1.165) is 6.20 Å². The number of halogens is 3. The molecule has 0 spiro atoms. The van der Waals surface area contributed by atoms with E-state index in [1.54, 1.807) is 6.92 Å². The summed E-state index contributed by atoms with van der Waals surface area (Å²) in [6.45, 7) is 1.79. The van der Waals surface area contributed by atoms with Crippen LogP contribution in [0.3, 0.4) is 0 Å². The standard InChI is InChI=1S/C11H12BrF2NO3/c1-2-18-8(16)3-6-5-15-7(4-12)10(17)9(6)11(13)14/h5,11,17H,2-4H2,1H3. The molecule has 0 bridgehead atoms. The second kappa shape index (κ2) is 6.63. The molecule has 0 aliphatic rings. The molecule has 4 nitrogen and oxygen atoms in total. The van der Waals surface area contributed by atoms with Crippen LogP contribution in [-0.2, 0) is 21.3 Å². The zero-order valence-electron chi connectivity index (χ0n) is 9.62. The van der Waals surface area contributed by atoms with Gasteiger partial charge in [-0.05, 0) is 12.5 Å². The van der Waals surface area contributed by atoms with Gasteiger partial charge in [0, 0.05) is 11.5 Å². The lowest BCUT2D eigenvalue weighted by Crippen LogP contribution is -2.10. The smallest absolute Gasteiger partial charge is 0.310 e. The largest absolute Gasteiger partial charge is 0.505 e. The SMILES string of the molecule is CCOC(=O)Cc1cnc(CBr)c(O)c1C(F)F. The van der Waals surface area contributed by atoms with Crippen molar-refractivity contribution < 1.29 is 23.4 Å². The molecular formula is C11H12BrF2NO3. The number of alkyl halides is 3. The van der Waals surface area contributed by atoms with Gasteiger partial charge < -0.3 is 9.84 Å². The molecular weight excluding hydrogens is 312 g/mol. The zero-order valence-corrected chi connectivity index (χ0v) is 11.2. The van der Waals surface area contributed by atoms with Crippen LogP contribution in [0.15, 0.2) is 6.20 Å². The van der Waals surface area contributed by atoms with Crippen molar-refractivity contribution in [1.29, 1.82) is 0 Å². The topological polar surface area (TPSA) is 59.4 Å². The van der Waals surface area contributed by atoms with Crippen LogP contribution in [0.1, 0.15) is 30.2 Å². The lowest BCUT2D eigenvalue weighted by Gasteiger charge is -2.12. The quantitative estimate of drug-likeness (QED) is 0.668. The van der Waals surface area contributed by atoms with Crippen LogP contribution in [0.25, 0.3) is 0 Å². The average molecular weight is 324 g/mol. The van der Waals surface area contributed by atoms with Crippen molar-refractivity contribution in [3.05, 3.63) is 23.0 Å². The number of ether oxygens (including phenoxy) is 1. The van der Waals surface area contributed by atoms with Gasteiger partial charge in [-0.2, -0.15) is 0 Å². The van der Waals surface area contributed by atoms with Crippen molar-refractivity contribution in [2.24, 2.45) is 0 Å². The first-order chi connectivity index (χ1) is 8.51. The number of aromatic hydroxyl groups is 1. The Morgan fingerprint density at radius 2 is 2.28 bits per heavy atom. The van der Waals surface area contributed by atoms with Crippen molar-refractivity contribution in [2.75, 3.05) is 6.61 Å². The molecule has 0 amide bonds. The van der Waals surface area contributed by atoms with Crippen LogP contribution < -0.4 is 0 Å². The lowest BCUT2D eigenvalue weighted by molar-refractivity contribution is -0.142. The Morgan fingerprint density at radius 3 is 2.78 bits per heavy atom. The summed E-state index contributed by atoms with van der Waals surface area (Å²) >= 11 is 3.03. The molecule has 100 valence electrons. The van der Waals surface area contributed by atoms with Gasteiger partial charge in [0.05, 0.1) is 24.3 Å². The van der Waals surface area contributed by atoms with Gasteiger partial charge in [0.1, 0.15) is 5.75 Å². The van der Waals surface area contributed by atoms with E-state index in [1.807, 2.05) is 0 Å². The fourth-order valence-corrected chi connectivity index (χ4v) is 1.85. The number of hydrogen-bond donors (Lipinski definition) is 1. The number of esters is 1. The van der Waals surface area contributed by atoms with Gasteiger partial charge in [0.15, 0.2) is 0 Å². The van der Waals surface area contributed by atoms with Crippen molar-refractivity contribution in [3.63, 3.8) is 0 Å². The van der Waals surface area contributed by atoms with Crippen LogP contribution in [-0.4, -0.2) is 22.7 Å². The molecule has 0 aliphatic carbocycles. The number of carbonyl (C=O) groups excluding carboxylic acids is 1. The van der Waals surface area contributed by atoms with Gasteiger partial charge in [-0.3, -0.25) is 9.78 Å². The Morgan fingerprint density at radius 1 is 1.61 bits per heavy atom. The molecule has 0 aromatic carbocycles. The monoisotopic (exact) mass is 323 g/mol. The molecule has 0 saturated carbocycles. The predicted molar refractivity (Wildman–Crippen MR) is 63.8 cm³/mol. The second-order valence-electron chi connectivity index (χ2n) is 3.41. The van der Waals surface area contributed by atoms with Crippen molar-refractivity contribution in [2.45, 2.75) is 25.1 Å². The van der Waals surface area contributed by atoms with E-state index in [4.69, 9.17) is 0 Å². The Labute approximate surface area is 111 Å². The van der Waals surface area contributed by atoms with Crippen LogP contribution in [0.2, 0.25) is 0 Å². The number of rotatable bonds is 5. The van der Waals surface area contributed by atoms with Crippen LogP contribution >= 0.6 is 15.9 Å². The third-order valence-corrected chi connectivity index (χ3v) is 2.77. The van der Waals surface area contributed by atoms with E-state index in [2.05, 4.69) is 25.7 Å². The van der Waals surface area contributed by atoms with E-state index in [1.165, 1.54) is 0 Å². The molecule has 0 atom stereocenters. The minimum atomic E-state index is -2.88. The molecule has 0 unspecified atom stereocenters. The van der Waals surface area contributed by atoms with Gasteiger partial charge in [-0.15, -0.1) is 0 Å². The summed E-state index contributed by atoms with van der Waals surface area (Å²) in [4.78, 5) is 15.1. The number of carbonyl (C=O) groups is 1. The van der Waals surface area contributed by atoms with Gasteiger partial charge in [-0.25, -0.2) is 8.78 Å². The van der Waals surface area contributed by atoms with E-state index in [-0.39, 0.29) is 29.6 Å². The normalized spacial score (nSPS) is 10.7. The summed E-state index contributed by atoms with van der Waals surface area (Å²) in [6.07, 6.45) is -2.05. The van der Waals surface area contributed by atoms with Crippen molar-refractivity contribution in [3.8, 4) is 5.75 Å². The molecule has 1 N–H and O–H groups in total. The molecule has 18 heavy (non-hydrogen) atoms. The van der Waals surface area contributed by atoms with Crippen molar-refractivity contribution in [1.82, 2.24) is 4.98 Å². The highest BCUT2D eigenvalue weighted by molar-refractivity contribution is 9.08. The van der Waals surface area contributed by atoms with Gasteiger partial charge in [0.2, 0.25) is 0 Å². The Kier molecular flexibility index (Phi) is 5.46. The molecule has 1 rings (SSSR count). The number of hydrogen-bond acceptors (Lipinski definition) is 4. The molecule has 1 aromatic rings. The maximum Gasteiger partial charge on any atom is 0.310 e. The maximum atomic E-state index is 12.9. The molecule has 1 heterocycles. The molecule has 7 heteroatoms. The van der Waals surface area contributed by atoms with Gasteiger partial charge in [0.25, 0.3) is 6.43 Å². The first kappa shape index (κ1) is 14.8. The van der Waals surface area contributed by atoms with Crippen molar-refractivity contribution >= 4 is 21.9 Å². The fraction of sp³-hybridized carbons (Fsp3) is 0.455. The molecule has 0 fully saturated rings. The molecule has 0 aliphatic heterocycles. The summed E-state index contributed by atoms with van der Waals surface area (Å²) < 4.78 is 30.4. The number of aromatic nitrogens is 1. The fourth-order valence-electron chi connectivity index (χ4n) is 1.44. The number of nitrogens with zero attached hydrogens (tertiary/aromatic N) is 1. The summed E-state index contributed by atoms with van der Waals surface area (Å²) in [7, 11) is 0. The average Bonchev–Trinajstić information content (AvgIpc) is 2.29. The minimum absolute atomic E-state index is 0.0225.